The molecule has 1 aliphatic rings. The number of allylic oxidation sites excluding steroid dienone is 1. The molecule has 5 heteroatoms. The second-order valence-corrected chi connectivity index (χ2v) is 7.29. The fraction of sp³-hybridized carbons (Fsp3) is 0.208. The number of carbonyl (C=O) groups excluding carboxylic acids is 1. The topological polar surface area (TPSA) is 44.8 Å². The lowest BCUT2D eigenvalue weighted by atomic mass is 9.77. The standard InChI is InChI=1S/C24H23BO4/c1-27-19-8-6-15-10-14(4-5-17(15)12-19)16-7-9-20-18(11-16)13-21(24(26)29-3)23(28-2)22(20)25/h4-10,12-13,16H,11,25H2,1-3H3. The van der Waals surface area contributed by atoms with Crippen molar-refractivity contribution in [3.8, 4) is 11.5 Å². The molecular formula is C24H23BO4. The number of hydrogen-bond acceptors (Lipinski definition) is 4. The molecule has 0 bridgehead atoms. The van der Waals surface area contributed by atoms with Crippen LogP contribution in [0.5, 0.6) is 11.5 Å². The molecule has 0 spiro atoms. The van der Waals surface area contributed by atoms with E-state index >= 15 is 0 Å². The van der Waals surface area contributed by atoms with E-state index in [2.05, 4.69) is 36.4 Å². The van der Waals surface area contributed by atoms with Crippen molar-refractivity contribution < 1.29 is 19.0 Å². The first-order valence-corrected chi connectivity index (χ1v) is 9.60. The molecule has 0 amide bonds. The molecule has 29 heavy (non-hydrogen) atoms. The van der Waals surface area contributed by atoms with Crippen LogP contribution in [-0.2, 0) is 11.2 Å². The van der Waals surface area contributed by atoms with Gasteiger partial charge in [-0.3, -0.25) is 0 Å². The zero-order valence-corrected chi connectivity index (χ0v) is 17.1. The zero-order chi connectivity index (χ0) is 20.5. The highest BCUT2D eigenvalue weighted by molar-refractivity contribution is 6.37. The van der Waals surface area contributed by atoms with Gasteiger partial charge in [0, 0.05) is 5.92 Å². The molecule has 0 aromatic heterocycles. The normalized spacial score (nSPS) is 15.1. The highest BCUT2D eigenvalue weighted by atomic mass is 16.5. The molecule has 1 aliphatic carbocycles. The van der Waals surface area contributed by atoms with Gasteiger partial charge in [0.15, 0.2) is 0 Å². The maximum atomic E-state index is 12.3. The van der Waals surface area contributed by atoms with E-state index < -0.39 is 0 Å². The van der Waals surface area contributed by atoms with E-state index in [0.29, 0.717) is 11.3 Å². The molecule has 0 fully saturated rings. The molecule has 4 rings (SSSR count). The number of methoxy groups -OCH3 is 3. The van der Waals surface area contributed by atoms with Gasteiger partial charge in [-0.15, -0.1) is 0 Å². The summed E-state index contributed by atoms with van der Waals surface area (Å²) in [7, 11) is 6.64. The Morgan fingerprint density at radius 1 is 1.00 bits per heavy atom. The van der Waals surface area contributed by atoms with E-state index in [9.17, 15) is 4.79 Å². The third kappa shape index (κ3) is 3.37. The minimum Gasteiger partial charge on any atom is -0.497 e. The van der Waals surface area contributed by atoms with Crippen molar-refractivity contribution in [1.82, 2.24) is 0 Å². The third-order valence-corrected chi connectivity index (χ3v) is 5.70. The van der Waals surface area contributed by atoms with Crippen LogP contribution in [0.3, 0.4) is 0 Å². The zero-order valence-electron chi connectivity index (χ0n) is 17.1. The molecule has 0 aliphatic heterocycles. The van der Waals surface area contributed by atoms with Gasteiger partial charge in [-0.1, -0.05) is 36.4 Å². The number of benzene rings is 3. The van der Waals surface area contributed by atoms with Crippen molar-refractivity contribution in [3.63, 3.8) is 0 Å². The minimum absolute atomic E-state index is 0.243. The van der Waals surface area contributed by atoms with Gasteiger partial charge in [-0.25, -0.2) is 4.79 Å². The predicted octanol–water partition coefficient (Wildman–Crippen LogP) is 3.26. The van der Waals surface area contributed by atoms with Crippen molar-refractivity contribution in [2.75, 3.05) is 21.3 Å². The molecule has 0 saturated heterocycles. The Morgan fingerprint density at radius 2 is 1.76 bits per heavy atom. The van der Waals surface area contributed by atoms with E-state index in [1.165, 1.54) is 18.1 Å². The molecule has 1 atom stereocenters. The van der Waals surface area contributed by atoms with Crippen molar-refractivity contribution in [3.05, 3.63) is 70.8 Å². The smallest absolute Gasteiger partial charge is 0.341 e. The summed E-state index contributed by atoms with van der Waals surface area (Å²) in [5.74, 6) is 1.31. The van der Waals surface area contributed by atoms with Gasteiger partial charge < -0.3 is 14.2 Å². The number of ether oxygens (including phenoxy) is 3. The Morgan fingerprint density at radius 3 is 2.48 bits per heavy atom. The Bertz CT molecular complexity index is 1130. The fourth-order valence-electron chi connectivity index (χ4n) is 4.15. The summed E-state index contributed by atoms with van der Waals surface area (Å²) in [4.78, 5) is 12.3. The van der Waals surface area contributed by atoms with Crippen molar-refractivity contribution >= 4 is 36.1 Å². The largest absolute Gasteiger partial charge is 0.497 e. The van der Waals surface area contributed by atoms with Crippen molar-refractivity contribution in [1.29, 1.82) is 0 Å². The molecule has 3 aromatic carbocycles. The van der Waals surface area contributed by atoms with Crippen LogP contribution in [-0.4, -0.2) is 35.1 Å². The first kappa shape index (κ1) is 19.1. The molecule has 0 N–H and O–H groups in total. The summed E-state index contributed by atoms with van der Waals surface area (Å²) in [6, 6.07) is 14.6. The number of fused-ring (bicyclic) bond motifs is 2. The van der Waals surface area contributed by atoms with E-state index in [4.69, 9.17) is 14.2 Å². The third-order valence-electron chi connectivity index (χ3n) is 5.70. The Kier molecular flexibility index (Phi) is 5.06. The summed E-state index contributed by atoms with van der Waals surface area (Å²) in [5.41, 5.74) is 4.94. The molecule has 3 aromatic rings. The lowest BCUT2D eigenvalue weighted by molar-refractivity contribution is 0.0597. The molecule has 146 valence electrons. The fourth-order valence-corrected chi connectivity index (χ4v) is 4.15. The average molecular weight is 386 g/mol. The highest BCUT2D eigenvalue weighted by Crippen LogP contribution is 2.34. The predicted molar refractivity (Wildman–Crippen MR) is 118 cm³/mol. The number of carbonyl (C=O) groups is 1. The first-order valence-electron chi connectivity index (χ1n) is 9.60. The van der Waals surface area contributed by atoms with E-state index in [1.54, 1.807) is 14.2 Å². The lowest BCUT2D eigenvalue weighted by Crippen LogP contribution is -2.21. The number of hydrogen-bond donors (Lipinski definition) is 0. The van der Waals surface area contributed by atoms with Crippen LogP contribution >= 0.6 is 0 Å². The van der Waals surface area contributed by atoms with Gasteiger partial charge in [0.25, 0.3) is 0 Å². The quantitative estimate of drug-likeness (QED) is 0.510. The maximum Gasteiger partial charge on any atom is 0.341 e. The van der Waals surface area contributed by atoms with Crippen LogP contribution in [0.4, 0.5) is 0 Å². The lowest BCUT2D eigenvalue weighted by Gasteiger charge is -2.24. The van der Waals surface area contributed by atoms with Crippen LogP contribution < -0.4 is 14.9 Å². The summed E-state index contributed by atoms with van der Waals surface area (Å²) in [5, 5.41) is 2.34. The van der Waals surface area contributed by atoms with Gasteiger partial charge in [-0.05, 0) is 57.5 Å². The average Bonchev–Trinajstić information content (AvgIpc) is 2.77. The van der Waals surface area contributed by atoms with Gasteiger partial charge in [0.05, 0.1) is 21.3 Å². The SMILES string of the molecule is Bc1c2c(cc(C(=O)OC)c1OC)CC(c1ccc3cc(OC)ccc3c1)C=C2. The maximum absolute atomic E-state index is 12.3. The Labute approximate surface area is 171 Å². The van der Waals surface area contributed by atoms with Crippen LogP contribution in [0, 0.1) is 0 Å². The molecule has 0 saturated carbocycles. The monoisotopic (exact) mass is 386 g/mol. The second kappa shape index (κ2) is 7.67. The highest BCUT2D eigenvalue weighted by Gasteiger charge is 2.24. The summed E-state index contributed by atoms with van der Waals surface area (Å²) in [6.45, 7) is 0. The van der Waals surface area contributed by atoms with Gasteiger partial charge >= 0.3 is 5.97 Å². The van der Waals surface area contributed by atoms with E-state index in [-0.39, 0.29) is 11.9 Å². The summed E-state index contributed by atoms with van der Waals surface area (Å²) >= 11 is 0. The van der Waals surface area contributed by atoms with E-state index in [1.807, 2.05) is 26.0 Å². The number of rotatable bonds is 4. The van der Waals surface area contributed by atoms with Crippen LogP contribution in [0.25, 0.3) is 16.8 Å². The minimum atomic E-state index is -0.376. The van der Waals surface area contributed by atoms with E-state index in [0.717, 1.165) is 34.1 Å². The van der Waals surface area contributed by atoms with Gasteiger partial charge in [0.2, 0.25) is 0 Å². The Hall–Kier alpha value is -3.21. The van der Waals surface area contributed by atoms with Crippen molar-refractivity contribution in [2.45, 2.75) is 12.3 Å². The van der Waals surface area contributed by atoms with Crippen LogP contribution in [0.2, 0.25) is 0 Å². The molecular weight excluding hydrogens is 363 g/mol. The summed E-state index contributed by atoms with van der Waals surface area (Å²) in [6.07, 6.45) is 5.19. The molecule has 0 heterocycles. The van der Waals surface area contributed by atoms with Gasteiger partial charge in [-0.2, -0.15) is 0 Å². The molecule has 1 unspecified atom stereocenters. The van der Waals surface area contributed by atoms with Crippen LogP contribution in [0.1, 0.15) is 33.0 Å². The molecule has 4 nitrogen and oxygen atoms in total. The summed E-state index contributed by atoms with van der Waals surface area (Å²) < 4.78 is 15.8. The van der Waals surface area contributed by atoms with Crippen LogP contribution in [0.15, 0.2) is 48.5 Å². The number of esters is 1. The molecule has 0 radical (unpaired) electrons. The van der Waals surface area contributed by atoms with Crippen molar-refractivity contribution in [2.24, 2.45) is 0 Å². The second-order valence-electron chi connectivity index (χ2n) is 7.29. The van der Waals surface area contributed by atoms with Gasteiger partial charge in [0.1, 0.15) is 24.9 Å². The first-order chi connectivity index (χ1) is 14.0. The Balaban J connectivity index is 1.73.